The summed E-state index contributed by atoms with van der Waals surface area (Å²) in [4.78, 5) is 26.0. The number of nitrogens with two attached hydrogens (primary N) is 1. The Morgan fingerprint density at radius 2 is 2.09 bits per heavy atom. The summed E-state index contributed by atoms with van der Waals surface area (Å²) in [5.41, 5.74) is 5.94. The highest BCUT2D eigenvalue weighted by Gasteiger charge is 2.25. The van der Waals surface area contributed by atoms with Gasteiger partial charge in [-0.05, 0) is 17.7 Å². The molecule has 0 spiro atoms. The van der Waals surface area contributed by atoms with E-state index in [-0.39, 0.29) is 17.9 Å². The second-order valence-electron chi connectivity index (χ2n) is 4.48. The van der Waals surface area contributed by atoms with Crippen molar-refractivity contribution in [3.8, 4) is 5.75 Å². The smallest absolute Gasteiger partial charge is 0.405 e. The molecular formula is C14H15N3O5. The molecule has 1 aromatic carbocycles. The van der Waals surface area contributed by atoms with Gasteiger partial charge in [0.15, 0.2) is 17.8 Å². The van der Waals surface area contributed by atoms with E-state index >= 15 is 0 Å². The zero-order valence-electron chi connectivity index (χ0n) is 11.8. The number of aromatic nitrogens is 1. The summed E-state index contributed by atoms with van der Waals surface area (Å²) in [6.07, 6.45) is 0.0801. The number of nitrogens with one attached hydrogen (secondary N) is 1. The average Bonchev–Trinajstić information content (AvgIpc) is 2.96. The maximum atomic E-state index is 11.3. The number of hydrogen-bond donors (Lipinski definition) is 3. The van der Waals surface area contributed by atoms with Gasteiger partial charge in [-0.3, -0.25) is 4.79 Å². The van der Waals surface area contributed by atoms with Crippen molar-refractivity contribution in [3.05, 3.63) is 47.7 Å². The molecule has 22 heavy (non-hydrogen) atoms. The van der Waals surface area contributed by atoms with Gasteiger partial charge in [0.25, 0.3) is 5.91 Å². The largest absolute Gasteiger partial charge is 0.497 e. The molecule has 1 aromatic heterocycles. The van der Waals surface area contributed by atoms with Crippen molar-refractivity contribution in [1.82, 2.24) is 10.3 Å². The first-order chi connectivity index (χ1) is 10.5. The molecule has 0 fully saturated rings. The van der Waals surface area contributed by atoms with Crippen molar-refractivity contribution in [2.24, 2.45) is 5.73 Å². The van der Waals surface area contributed by atoms with E-state index < -0.39 is 18.0 Å². The SMILES string of the molecule is COc1ccc(CC(NC(=O)O)c2ocnc2C(N)=O)cc1. The van der Waals surface area contributed by atoms with Gasteiger partial charge in [-0.25, -0.2) is 9.78 Å². The topological polar surface area (TPSA) is 128 Å². The number of nitrogens with zero attached hydrogens (tertiary/aromatic N) is 1. The Morgan fingerprint density at radius 3 is 2.64 bits per heavy atom. The number of carbonyl (C=O) groups is 2. The van der Waals surface area contributed by atoms with Crippen LogP contribution in [0.5, 0.6) is 5.75 Å². The number of amides is 2. The molecule has 0 aliphatic heterocycles. The second kappa shape index (κ2) is 6.61. The van der Waals surface area contributed by atoms with Crippen molar-refractivity contribution in [1.29, 1.82) is 0 Å². The Morgan fingerprint density at radius 1 is 1.41 bits per heavy atom. The first-order valence-electron chi connectivity index (χ1n) is 6.37. The van der Waals surface area contributed by atoms with E-state index in [0.29, 0.717) is 5.75 Å². The Labute approximate surface area is 125 Å². The molecule has 0 bridgehead atoms. The normalized spacial score (nSPS) is 11.7. The van der Waals surface area contributed by atoms with Crippen LogP contribution in [0.2, 0.25) is 0 Å². The highest BCUT2D eigenvalue weighted by Crippen LogP contribution is 2.23. The number of primary amides is 1. The zero-order valence-corrected chi connectivity index (χ0v) is 11.8. The van der Waals surface area contributed by atoms with E-state index in [2.05, 4.69) is 10.3 Å². The molecule has 116 valence electrons. The first kappa shape index (κ1) is 15.4. The van der Waals surface area contributed by atoms with Crippen molar-refractivity contribution >= 4 is 12.0 Å². The summed E-state index contributed by atoms with van der Waals surface area (Å²) in [6.45, 7) is 0. The molecule has 1 atom stereocenters. The number of ether oxygens (including phenoxy) is 1. The summed E-state index contributed by atoms with van der Waals surface area (Å²) in [5.74, 6) is -0.00892. The van der Waals surface area contributed by atoms with Crippen molar-refractivity contribution < 1.29 is 23.8 Å². The van der Waals surface area contributed by atoms with Crippen LogP contribution in [0.1, 0.15) is 27.9 Å². The Bertz CT molecular complexity index is 665. The number of methoxy groups -OCH3 is 1. The second-order valence-corrected chi connectivity index (χ2v) is 4.48. The molecule has 1 heterocycles. The lowest BCUT2D eigenvalue weighted by Crippen LogP contribution is -2.30. The summed E-state index contributed by atoms with van der Waals surface area (Å²) in [7, 11) is 1.55. The third kappa shape index (κ3) is 3.54. The molecular weight excluding hydrogens is 290 g/mol. The van der Waals surface area contributed by atoms with Gasteiger partial charge in [-0.2, -0.15) is 0 Å². The molecule has 0 saturated heterocycles. The van der Waals surface area contributed by atoms with Gasteiger partial charge in [0.2, 0.25) is 0 Å². The fourth-order valence-electron chi connectivity index (χ4n) is 2.04. The van der Waals surface area contributed by atoms with E-state index in [1.54, 1.807) is 31.4 Å². The van der Waals surface area contributed by atoms with E-state index in [1.165, 1.54) is 0 Å². The zero-order chi connectivity index (χ0) is 16.1. The van der Waals surface area contributed by atoms with E-state index in [0.717, 1.165) is 12.0 Å². The van der Waals surface area contributed by atoms with Gasteiger partial charge in [0.05, 0.1) is 13.2 Å². The maximum absolute atomic E-state index is 11.3. The number of oxazole rings is 1. The molecule has 2 amide bonds. The van der Waals surface area contributed by atoms with Crippen LogP contribution in [0, 0.1) is 0 Å². The molecule has 2 rings (SSSR count). The number of benzene rings is 1. The summed E-state index contributed by atoms with van der Waals surface area (Å²) in [6, 6.07) is 6.30. The predicted octanol–water partition coefficient (Wildman–Crippen LogP) is 1.33. The van der Waals surface area contributed by atoms with Crippen LogP contribution in [0.4, 0.5) is 4.79 Å². The number of rotatable bonds is 6. The summed E-state index contributed by atoms with van der Waals surface area (Å²) >= 11 is 0. The minimum absolute atomic E-state index is 0.0886. The van der Waals surface area contributed by atoms with E-state index in [4.69, 9.17) is 20.0 Å². The lowest BCUT2D eigenvalue weighted by molar-refractivity contribution is 0.0992. The highest BCUT2D eigenvalue weighted by molar-refractivity contribution is 5.91. The van der Waals surface area contributed by atoms with Gasteiger partial charge in [-0.15, -0.1) is 0 Å². The fourth-order valence-corrected chi connectivity index (χ4v) is 2.04. The van der Waals surface area contributed by atoms with Gasteiger partial charge in [-0.1, -0.05) is 12.1 Å². The lowest BCUT2D eigenvalue weighted by Gasteiger charge is -2.15. The number of carbonyl (C=O) groups excluding carboxylic acids is 1. The van der Waals surface area contributed by atoms with Gasteiger partial charge in [0, 0.05) is 6.42 Å². The van der Waals surface area contributed by atoms with Crippen LogP contribution in [-0.2, 0) is 6.42 Å². The molecule has 8 nitrogen and oxygen atoms in total. The van der Waals surface area contributed by atoms with Crippen molar-refractivity contribution in [3.63, 3.8) is 0 Å². The molecule has 1 unspecified atom stereocenters. The summed E-state index contributed by atoms with van der Waals surface area (Å²) in [5, 5.41) is 11.3. The molecule has 0 aliphatic rings. The van der Waals surface area contributed by atoms with Crippen molar-refractivity contribution in [2.75, 3.05) is 7.11 Å². The molecule has 4 N–H and O–H groups in total. The third-order valence-electron chi connectivity index (χ3n) is 3.04. The van der Waals surface area contributed by atoms with E-state index in [9.17, 15) is 9.59 Å². The van der Waals surface area contributed by atoms with Crippen LogP contribution in [-0.4, -0.2) is 29.2 Å². The monoisotopic (exact) mass is 305 g/mol. The Balaban J connectivity index is 2.27. The standard InChI is InChI=1S/C14H15N3O5/c1-21-9-4-2-8(3-5-9)6-10(17-14(19)20)12-11(13(15)18)16-7-22-12/h2-5,7,10,17H,6H2,1H3,(H2,15,18)(H,19,20). The molecule has 0 radical (unpaired) electrons. The third-order valence-corrected chi connectivity index (χ3v) is 3.04. The fraction of sp³-hybridized carbons (Fsp3) is 0.214. The maximum Gasteiger partial charge on any atom is 0.405 e. The minimum Gasteiger partial charge on any atom is -0.497 e. The molecule has 2 aromatic rings. The molecule has 0 aliphatic carbocycles. The lowest BCUT2D eigenvalue weighted by atomic mass is 10.0. The van der Waals surface area contributed by atoms with E-state index in [1.807, 2.05) is 0 Å². The average molecular weight is 305 g/mol. The highest BCUT2D eigenvalue weighted by atomic mass is 16.5. The van der Waals surface area contributed by atoms with Crippen LogP contribution < -0.4 is 15.8 Å². The van der Waals surface area contributed by atoms with Crippen LogP contribution >= 0.6 is 0 Å². The Hall–Kier alpha value is -3.03. The van der Waals surface area contributed by atoms with Crippen LogP contribution in [0.15, 0.2) is 35.1 Å². The van der Waals surface area contributed by atoms with Crippen LogP contribution in [0.3, 0.4) is 0 Å². The number of hydrogen-bond acceptors (Lipinski definition) is 5. The van der Waals surface area contributed by atoms with Gasteiger partial charge in [0.1, 0.15) is 5.75 Å². The van der Waals surface area contributed by atoms with Gasteiger partial charge < -0.3 is 25.3 Å². The first-order valence-corrected chi connectivity index (χ1v) is 6.37. The van der Waals surface area contributed by atoms with Crippen molar-refractivity contribution in [2.45, 2.75) is 12.5 Å². The predicted molar refractivity (Wildman–Crippen MR) is 75.6 cm³/mol. The van der Waals surface area contributed by atoms with Gasteiger partial charge >= 0.3 is 6.09 Å². The molecule has 8 heteroatoms. The van der Waals surface area contributed by atoms with Crippen LogP contribution in [0.25, 0.3) is 0 Å². The Kier molecular flexibility index (Phi) is 4.62. The summed E-state index contributed by atoms with van der Waals surface area (Å²) < 4.78 is 10.2. The number of carboxylic acid groups (broad SMARTS) is 1. The molecule has 0 saturated carbocycles. The quantitative estimate of drug-likeness (QED) is 0.738. The minimum atomic E-state index is -1.25.